The minimum absolute atomic E-state index is 0.237. The van der Waals surface area contributed by atoms with Crippen LogP contribution in [0.1, 0.15) is 18.5 Å². The lowest BCUT2D eigenvalue weighted by Gasteiger charge is -2.03. The molecular weight excluding hydrogens is 205 g/mol. The van der Waals surface area contributed by atoms with Gasteiger partial charge in [-0.2, -0.15) is 0 Å². The molecule has 1 atom stereocenters. The topological polar surface area (TPSA) is 43.8 Å². The molecule has 1 unspecified atom stereocenters. The Bertz CT molecular complexity index is 461. The summed E-state index contributed by atoms with van der Waals surface area (Å²) in [6, 6.07) is 6.30. The van der Waals surface area contributed by atoms with Gasteiger partial charge in [0.2, 0.25) is 0 Å². The molecule has 0 aliphatic heterocycles. The lowest BCUT2D eigenvalue weighted by atomic mass is 10.1. The fourth-order valence-corrected chi connectivity index (χ4v) is 1.47. The number of nitrogens with two attached hydrogens (primary N) is 1. The third-order valence-corrected chi connectivity index (χ3v) is 2.59. The van der Waals surface area contributed by atoms with Gasteiger partial charge in [-0.3, -0.25) is 0 Å². The summed E-state index contributed by atoms with van der Waals surface area (Å²) >= 11 is 0. The number of halogens is 1. The van der Waals surface area contributed by atoms with Crippen molar-refractivity contribution >= 4 is 0 Å². The molecule has 0 bridgehead atoms. The Kier molecular flexibility index (Phi) is 3.01. The van der Waals surface area contributed by atoms with Crippen LogP contribution in [-0.4, -0.2) is 16.1 Å². The van der Waals surface area contributed by atoms with Gasteiger partial charge < -0.3 is 10.3 Å². The first-order valence-electron chi connectivity index (χ1n) is 5.20. The van der Waals surface area contributed by atoms with Crippen molar-refractivity contribution in [1.82, 2.24) is 9.55 Å². The average Bonchev–Trinajstić information content (AvgIpc) is 2.78. The van der Waals surface area contributed by atoms with Gasteiger partial charge in [0.15, 0.2) is 0 Å². The number of hydrogen-bond donors (Lipinski definition) is 1. The predicted octanol–water partition coefficient (Wildman–Crippen LogP) is 2.07. The van der Waals surface area contributed by atoms with Crippen LogP contribution in [0.25, 0.3) is 5.69 Å². The maximum atomic E-state index is 12.7. The molecule has 0 aliphatic rings. The van der Waals surface area contributed by atoms with Crippen molar-refractivity contribution in [2.75, 3.05) is 6.54 Å². The third kappa shape index (κ3) is 2.12. The van der Waals surface area contributed by atoms with Gasteiger partial charge in [-0.25, -0.2) is 9.37 Å². The van der Waals surface area contributed by atoms with Gasteiger partial charge in [0.1, 0.15) is 5.82 Å². The fraction of sp³-hybridized carbons (Fsp3) is 0.250. The highest BCUT2D eigenvalue weighted by molar-refractivity contribution is 5.32. The molecule has 3 nitrogen and oxygen atoms in total. The number of nitrogens with zero attached hydrogens (tertiary/aromatic N) is 2. The Hall–Kier alpha value is -1.68. The lowest BCUT2D eigenvalue weighted by Crippen LogP contribution is -2.08. The smallest absolute Gasteiger partial charge is 0.123 e. The summed E-state index contributed by atoms with van der Waals surface area (Å²) in [7, 11) is 0. The quantitative estimate of drug-likeness (QED) is 0.858. The van der Waals surface area contributed by atoms with Gasteiger partial charge >= 0.3 is 0 Å². The molecule has 16 heavy (non-hydrogen) atoms. The van der Waals surface area contributed by atoms with Crippen LogP contribution in [-0.2, 0) is 0 Å². The van der Waals surface area contributed by atoms with Crippen molar-refractivity contribution in [1.29, 1.82) is 0 Å². The molecule has 84 valence electrons. The predicted molar refractivity (Wildman–Crippen MR) is 61.0 cm³/mol. The number of imidazole rings is 1. The first-order valence-corrected chi connectivity index (χ1v) is 5.20. The van der Waals surface area contributed by atoms with E-state index in [0.29, 0.717) is 6.54 Å². The van der Waals surface area contributed by atoms with Gasteiger partial charge in [-0.05, 0) is 24.3 Å². The van der Waals surface area contributed by atoms with Crippen LogP contribution in [0, 0.1) is 5.82 Å². The van der Waals surface area contributed by atoms with E-state index in [1.807, 2.05) is 17.7 Å². The van der Waals surface area contributed by atoms with Crippen molar-refractivity contribution < 1.29 is 4.39 Å². The molecule has 4 heteroatoms. The van der Waals surface area contributed by atoms with Crippen molar-refractivity contribution in [3.8, 4) is 5.69 Å². The van der Waals surface area contributed by atoms with E-state index in [1.165, 1.54) is 12.1 Å². The van der Waals surface area contributed by atoms with Crippen LogP contribution in [0.2, 0.25) is 0 Å². The minimum atomic E-state index is -0.237. The van der Waals surface area contributed by atoms with Gasteiger partial charge in [-0.15, -0.1) is 0 Å². The number of aromatic nitrogens is 2. The highest BCUT2D eigenvalue weighted by Gasteiger charge is 2.07. The van der Waals surface area contributed by atoms with Crippen molar-refractivity contribution in [3.63, 3.8) is 0 Å². The van der Waals surface area contributed by atoms with Gasteiger partial charge in [0.05, 0.1) is 12.0 Å². The molecular formula is C12H14FN3. The van der Waals surface area contributed by atoms with Crippen LogP contribution in [0.5, 0.6) is 0 Å². The Morgan fingerprint density at radius 1 is 1.38 bits per heavy atom. The third-order valence-electron chi connectivity index (χ3n) is 2.59. The molecule has 1 heterocycles. The summed E-state index contributed by atoms with van der Waals surface area (Å²) in [5, 5.41) is 0. The van der Waals surface area contributed by atoms with E-state index in [0.717, 1.165) is 11.4 Å². The van der Waals surface area contributed by atoms with Crippen LogP contribution in [0.4, 0.5) is 4.39 Å². The van der Waals surface area contributed by atoms with Crippen molar-refractivity contribution in [2.45, 2.75) is 12.8 Å². The summed E-state index contributed by atoms with van der Waals surface area (Å²) in [4.78, 5) is 4.27. The maximum Gasteiger partial charge on any atom is 0.123 e. The van der Waals surface area contributed by atoms with Gasteiger partial charge in [0, 0.05) is 24.3 Å². The summed E-state index contributed by atoms with van der Waals surface area (Å²) < 4.78 is 14.6. The highest BCUT2D eigenvalue weighted by Crippen LogP contribution is 2.14. The molecule has 0 aliphatic carbocycles. The van der Waals surface area contributed by atoms with E-state index in [4.69, 9.17) is 5.73 Å². The van der Waals surface area contributed by atoms with Crippen LogP contribution in [0.15, 0.2) is 36.8 Å². The summed E-state index contributed by atoms with van der Waals surface area (Å²) in [6.45, 7) is 2.60. The summed E-state index contributed by atoms with van der Waals surface area (Å²) in [5.74, 6) is 0.00103. The molecule has 0 fully saturated rings. The second kappa shape index (κ2) is 4.45. The number of rotatable bonds is 3. The van der Waals surface area contributed by atoms with E-state index < -0.39 is 0 Å². The van der Waals surface area contributed by atoms with E-state index in [1.54, 1.807) is 18.5 Å². The van der Waals surface area contributed by atoms with Crippen LogP contribution < -0.4 is 5.73 Å². The van der Waals surface area contributed by atoms with Crippen molar-refractivity contribution in [3.05, 3.63) is 48.3 Å². The maximum absolute atomic E-state index is 12.7. The minimum Gasteiger partial charge on any atom is -0.330 e. The molecule has 1 aromatic heterocycles. The summed E-state index contributed by atoms with van der Waals surface area (Å²) in [6.07, 6.45) is 3.64. The second-order valence-electron chi connectivity index (χ2n) is 3.82. The summed E-state index contributed by atoms with van der Waals surface area (Å²) in [5.41, 5.74) is 7.42. The first-order chi connectivity index (χ1) is 7.70. The average molecular weight is 219 g/mol. The van der Waals surface area contributed by atoms with E-state index >= 15 is 0 Å². The molecule has 0 radical (unpaired) electrons. The van der Waals surface area contributed by atoms with Crippen LogP contribution in [0.3, 0.4) is 0 Å². The largest absolute Gasteiger partial charge is 0.330 e. The second-order valence-corrected chi connectivity index (χ2v) is 3.82. The Morgan fingerprint density at radius 2 is 2.06 bits per heavy atom. The molecule has 0 amide bonds. The monoisotopic (exact) mass is 219 g/mol. The molecule has 0 spiro atoms. The molecule has 2 aromatic rings. The molecule has 0 saturated heterocycles. The molecule has 1 aromatic carbocycles. The Morgan fingerprint density at radius 3 is 2.69 bits per heavy atom. The zero-order chi connectivity index (χ0) is 11.5. The zero-order valence-corrected chi connectivity index (χ0v) is 9.10. The standard InChI is InChI=1S/C12H14FN3/c1-9(6-14)12-7-16(8-15-12)11-4-2-10(13)3-5-11/h2-5,7-9H,6,14H2,1H3. The normalized spacial score (nSPS) is 12.7. The van der Waals surface area contributed by atoms with E-state index in [-0.39, 0.29) is 11.7 Å². The molecule has 2 N–H and O–H groups in total. The lowest BCUT2D eigenvalue weighted by molar-refractivity contribution is 0.627. The number of benzene rings is 1. The highest BCUT2D eigenvalue weighted by atomic mass is 19.1. The number of hydrogen-bond acceptors (Lipinski definition) is 2. The molecule has 2 rings (SSSR count). The molecule has 0 saturated carbocycles. The Balaban J connectivity index is 2.28. The fourth-order valence-electron chi connectivity index (χ4n) is 1.47. The first kappa shape index (κ1) is 10.8. The van der Waals surface area contributed by atoms with Gasteiger partial charge in [0.25, 0.3) is 0 Å². The van der Waals surface area contributed by atoms with Gasteiger partial charge in [-0.1, -0.05) is 6.92 Å². The zero-order valence-electron chi connectivity index (χ0n) is 9.10. The van der Waals surface area contributed by atoms with Crippen molar-refractivity contribution in [2.24, 2.45) is 5.73 Å². The van der Waals surface area contributed by atoms with Crippen LogP contribution >= 0.6 is 0 Å². The van der Waals surface area contributed by atoms with E-state index in [9.17, 15) is 4.39 Å². The van der Waals surface area contributed by atoms with E-state index in [2.05, 4.69) is 4.98 Å². The Labute approximate surface area is 93.7 Å². The SMILES string of the molecule is CC(CN)c1cn(-c2ccc(F)cc2)cn1.